The molecule has 1 N–H and O–H groups in total. The third-order valence-corrected chi connectivity index (χ3v) is 5.79. The SMILES string of the molecule is CN(CC(=O)Nc1ccc(Cl)c(C(F)(F)F)c1)C(=O)CSC1CCCC1. The Balaban J connectivity index is 1.86. The first-order valence-corrected chi connectivity index (χ1v) is 9.61. The molecule has 0 bridgehead atoms. The second-order valence-corrected chi connectivity index (χ2v) is 7.90. The molecule has 1 aliphatic rings. The molecule has 1 aromatic rings. The van der Waals surface area contributed by atoms with Gasteiger partial charge < -0.3 is 10.2 Å². The summed E-state index contributed by atoms with van der Waals surface area (Å²) >= 11 is 7.14. The number of amides is 2. The van der Waals surface area contributed by atoms with Crippen LogP contribution >= 0.6 is 23.4 Å². The van der Waals surface area contributed by atoms with Crippen LogP contribution in [0.1, 0.15) is 31.2 Å². The smallest absolute Gasteiger partial charge is 0.336 e. The monoisotopic (exact) mass is 408 g/mol. The number of halogens is 4. The van der Waals surface area contributed by atoms with Gasteiger partial charge in [-0.05, 0) is 31.0 Å². The number of carbonyl (C=O) groups is 2. The minimum atomic E-state index is -4.61. The number of rotatable bonds is 6. The Morgan fingerprint density at radius 3 is 2.58 bits per heavy atom. The van der Waals surface area contributed by atoms with Gasteiger partial charge in [0.15, 0.2) is 0 Å². The predicted octanol–water partition coefficient (Wildman–Crippen LogP) is 4.43. The Morgan fingerprint density at radius 2 is 1.96 bits per heavy atom. The molecule has 0 aliphatic heterocycles. The zero-order valence-corrected chi connectivity index (χ0v) is 15.8. The van der Waals surface area contributed by atoms with Crippen LogP contribution in [0.4, 0.5) is 18.9 Å². The number of nitrogens with zero attached hydrogens (tertiary/aromatic N) is 1. The zero-order chi connectivity index (χ0) is 19.3. The molecule has 1 aromatic carbocycles. The van der Waals surface area contributed by atoms with Crippen molar-refractivity contribution in [3.63, 3.8) is 0 Å². The summed E-state index contributed by atoms with van der Waals surface area (Å²) in [5.74, 6) is -0.445. The van der Waals surface area contributed by atoms with Crippen molar-refractivity contribution in [2.24, 2.45) is 0 Å². The Labute approximate surface area is 159 Å². The quantitative estimate of drug-likeness (QED) is 0.757. The highest BCUT2D eigenvalue weighted by Crippen LogP contribution is 2.36. The summed E-state index contributed by atoms with van der Waals surface area (Å²) in [6, 6.07) is 3.14. The summed E-state index contributed by atoms with van der Waals surface area (Å²) in [4.78, 5) is 25.4. The van der Waals surface area contributed by atoms with E-state index in [-0.39, 0.29) is 18.1 Å². The molecule has 0 radical (unpaired) electrons. The predicted molar refractivity (Wildman–Crippen MR) is 97.4 cm³/mol. The summed E-state index contributed by atoms with van der Waals surface area (Å²) in [6.07, 6.45) is -0.0151. The summed E-state index contributed by atoms with van der Waals surface area (Å²) in [6.45, 7) is -0.228. The highest BCUT2D eigenvalue weighted by molar-refractivity contribution is 8.00. The van der Waals surface area contributed by atoms with E-state index in [9.17, 15) is 22.8 Å². The van der Waals surface area contributed by atoms with Crippen molar-refractivity contribution in [1.29, 1.82) is 0 Å². The van der Waals surface area contributed by atoms with Crippen LogP contribution in [0.25, 0.3) is 0 Å². The molecule has 1 saturated carbocycles. The second kappa shape index (κ2) is 8.99. The number of carbonyl (C=O) groups excluding carboxylic acids is 2. The van der Waals surface area contributed by atoms with E-state index in [0.29, 0.717) is 11.0 Å². The molecule has 2 rings (SSSR count). The van der Waals surface area contributed by atoms with E-state index in [4.69, 9.17) is 11.6 Å². The maximum atomic E-state index is 12.8. The number of hydrogen-bond donors (Lipinski definition) is 1. The standard InChI is InChI=1S/C17H20ClF3N2O2S/c1-23(16(25)10-26-12-4-2-3-5-12)9-15(24)22-11-6-7-14(18)13(8-11)17(19,20)21/h6-8,12H,2-5,9-10H2,1H3,(H,22,24). The van der Waals surface area contributed by atoms with Gasteiger partial charge in [-0.15, -0.1) is 11.8 Å². The van der Waals surface area contributed by atoms with Crippen LogP contribution in [-0.4, -0.2) is 41.3 Å². The number of anilines is 1. The van der Waals surface area contributed by atoms with Crippen LogP contribution in [0.15, 0.2) is 18.2 Å². The minimum absolute atomic E-state index is 0.0205. The molecule has 0 unspecified atom stereocenters. The van der Waals surface area contributed by atoms with Crippen molar-refractivity contribution in [3.8, 4) is 0 Å². The molecule has 26 heavy (non-hydrogen) atoms. The van der Waals surface area contributed by atoms with Gasteiger partial charge in [0.05, 0.1) is 22.9 Å². The van der Waals surface area contributed by atoms with Gasteiger partial charge in [-0.1, -0.05) is 24.4 Å². The van der Waals surface area contributed by atoms with Crippen molar-refractivity contribution < 1.29 is 22.8 Å². The lowest BCUT2D eigenvalue weighted by molar-refractivity contribution is -0.137. The molecular weight excluding hydrogens is 389 g/mol. The lowest BCUT2D eigenvalue weighted by Crippen LogP contribution is -2.36. The number of nitrogens with one attached hydrogen (secondary N) is 1. The van der Waals surface area contributed by atoms with E-state index in [1.165, 1.54) is 30.9 Å². The third-order valence-electron chi connectivity index (χ3n) is 4.11. The van der Waals surface area contributed by atoms with Crippen LogP contribution in [0.2, 0.25) is 5.02 Å². The van der Waals surface area contributed by atoms with E-state index in [2.05, 4.69) is 5.32 Å². The van der Waals surface area contributed by atoms with Crippen molar-refractivity contribution in [2.45, 2.75) is 37.1 Å². The van der Waals surface area contributed by atoms with Gasteiger partial charge in [-0.3, -0.25) is 9.59 Å². The van der Waals surface area contributed by atoms with Crippen LogP contribution in [0.5, 0.6) is 0 Å². The number of hydrogen-bond acceptors (Lipinski definition) is 3. The first-order chi connectivity index (χ1) is 12.2. The summed E-state index contributed by atoms with van der Waals surface area (Å²) < 4.78 is 38.5. The second-order valence-electron chi connectivity index (χ2n) is 6.21. The number of alkyl halides is 3. The van der Waals surface area contributed by atoms with Gasteiger partial charge in [0.2, 0.25) is 11.8 Å². The van der Waals surface area contributed by atoms with E-state index >= 15 is 0 Å². The molecule has 0 heterocycles. The van der Waals surface area contributed by atoms with Crippen LogP contribution in [-0.2, 0) is 15.8 Å². The molecular formula is C17H20ClF3N2O2S. The van der Waals surface area contributed by atoms with Gasteiger partial charge in [0.1, 0.15) is 0 Å². The van der Waals surface area contributed by atoms with E-state index in [0.717, 1.165) is 25.0 Å². The van der Waals surface area contributed by atoms with E-state index in [1.807, 2.05) is 0 Å². The third kappa shape index (κ3) is 6.09. The normalized spacial score (nSPS) is 15.1. The molecule has 1 fully saturated rings. The molecule has 144 valence electrons. The maximum absolute atomic E-state index is 12.8. The van der Waals surface area contributed by atoms with Crippen molar-refractivity contribution in [2.75, 3.05) is 24.7 Å². The molecule has 0 atom stereocenters. The molecule has 1 aliphatic carbocycles. The Kier molecular flexibility index (Phi) is 7.23. The fraction of sp³-hybridized carbons (Fsp3) is 0.529. The summed E-state index contributed by atoms with van der Waals surface area (Å²) in [5, 5.41) is 2.42. The largest absolute Gasteiger partial charge is 0.417 e. The average Bonchev–Trinajstić information content (AvgIpc) is 3.06. The topological polar surface area (TPSA) is 49.4 Å². The summed E-state index contributed by atoms with van der Waals surface area (Å²) in [7, 11) is 1.50. The number of thioether (sulfide) groups is 1. The fourth-order valence-corrected chi connectivity index (χ4v) is 4.17. The summed E-state index contributed by atoms with van der Waals surface area (Å²) in [5.41, 5.74) is -1.04. The Bertz CT molecular complexity index is 664. The van der Waals surface area contributed by atoms with Crippen molar-refractivity contribution >= 4 is 40.9 Å². The highest BCUT2D eigenvalue weighted by Gasteiger charge is 2.33. The van der Waals surface area contributed by atoms with Crippen LogP contribution in [0.3, 0.4) is 0 Å². The van der Waals surface area contributed by atoms with Gasteiger partial charge in [-0.25, -0.2) is 0 Å². The first kappa shape index (κ1) is 20.9. The van der Waals surface area contributed by atoms with Gasteiger partial charge in [-0.2, -0.15) is 13.2 Å². The Hall–Kier alpha value is -1.41. The number of benzene rings is 1. The van der Waals surface area contributed by atoms with Crippen LogP contribution < -0.4 is 5.32 Å². The highest BCUT2D eigenvalue weighted by atomic mass is 35.5. The van der Waals surface area contributed by atoms with Gasteiger partial charge >= 0.3 is 6.18 Å². The molecule has 0 saturated heterocycles. The van der Waals surface area contributed by atoms with Gasteiger partial charge in [0.25, 0.3) is 0 Å². The number of likely N-dealkylation sites (N-methyl/N-ethyl adjacent to an activating group) is 1. The van der Waals surface area contributed by atoms with Gasteiger partial charge in [0, 0.05) is 18.0 Å². The molecule has 4 nitrogen and oxygen atoms in total. The van der Waals surface area contributed by atoms with E-state index < -0.39 is 22.7 Å². The fourth-order valence-electron chi connectivity index (χ4n) is 2.68. The molecule has 2 amide bonds. The lowest BCUT2D eigenvalue weighted by atomic mass is 10.2. The minimum Gasteiger partial charge on any atom is -0.336 e. The van der Waals surface area contributed by atoms with E-state index in [1.54, 1.807) is 11.8 Å². The zero-order valence-electron chi connectivity index (χ0n) is 14.2. The molecule has 0 aromatic heterocycles. The van der Waals surface area contributed by atoms with Crippen molar-refractivity contribution in [1.82, 2.24) is 4.90 Å². The Morgan fingerprint density at radius 1 is 1.31 bits per heavy atom. The molecule has 0 spiro atoms. The average molecular weight is 409 g/mol. The molecule has 9 heteroatoms. The maximum Gasteiger partial charge on any atom is 0.417 e. The lowest BCUT2D eigenvalue weighted by Gasteiger charge is -2.18. The first-order valence-electron chi connectivity index (χ1n) is 8.19. The van der Waals surface area contributed by atoms with Crippen LogP contribution in [0, 0.1) is 0 Å². The van der Waals surface area contributed by atoms with Crippen molar-refractivity contribution in [3.05, 3.63) is 28.8 Å².